The van der Waals surface area contributed by atoms with Crippen molar-refractivity contribution in [3.05, 3.63) is 36.5 Å². The van der Waals surface area contributed by atoms with E-state index in [1.165, 1.54) is 35.4 Å². The first kappa shape index (κ1) is 10.9. The lowest BCUT2D eigenvalue weighted by molar-refractivity contribution is 0.686. The fraction of sp³-hybridized carbons (Fsp3) is 0.357. The van der Waals surface area contributed by atoms with Crippen molar-refractivity contribution in [2.24, 2.45) is 0 Å². The van der Waals surface area contributed by atoms with Crippen LogP contribution in [-0.4, -0.2) is 22.5 Å². The molecule has 0 saturated carbocycles. The number of aromatic nitrogens is 1. The molecular formula is C14H16N2S. The van der Waals surface area contributed by atoms with Crippen LogP contribution in [0.3, 0.4) is 0 Å². The summed E-state index contributed by atoms with van der Waals surface area (Å²) in [5, 5.41) is 4.89. The highest BCUT2D eigenvalue weighted by atomic mass is 32.2. The number of fused-ring (bicyclic) bond motifs is 1. The number of hydrogen-bond donors (Lipinski definition) is 1. The smallest absolute Gasteiger partial charge is 0.0722 e. The predicted octanol–water partition coefficient (Wildman–Crippen LogP) is 3.54. The first-order chi connectivity index (χ1) is 8.43. The molecular weight excluding hydrogens is 228 g/mol. The normalized spacial score (nSPS) is 20.4. The Morgan fingerprint density at radius 1 is 1.24 bits per heavy atom. The molecule has 1 aliphatic heterocycles. The van der Waals surface area contributed by atoms with Crippen molar-refractivity contribution >= 4 is 28.4 Å². The number of thioether (sulfide) groups is 1. The van der Waals surface area contributed by atoms with Gasteiger partial charge in [0.2, 0.25) is 0 Å². The van der Waals surface area contributed by atoms with E-state index in [0.29, 0.717) is 6.04 Å². The van der Waals surface area contributed by atoms with Gasteiger partial charge in [-0.3, -0.25) is 4.98 Å². The largest absolute Gasteiger partial charge is 0.381 e. The molecule has 0 aliphatic carbocycles. The zero-order chi connectivity index (χ0) is 11.5. The molecule has 88 valence electrons. The second-order valence-electron chi connectivity index (χ2n) is 4.43. The number of rotatable bonds is 2. The highest BCUT2D eigenvalue weighted by molar-refractivity contribution is 7.99. The Bertz CT molecular complexity index is 501. The van der Waals surface area contributed by atoms with Crippen LogP contribution in [0.1, 0.15) is 12.8 Å². The van der Waals surface area contributed by atoms with Crippen LogP contribution < -0.4 is 5.32 Å². The van der Waals surface area contributed by atoms with Gasteiger partial charge in [-0.25, -0.2) is 0 Å². The third-order valence-electron chi connectivity index (χ3n) is 3.17. The summed E-state index contributed by atoms with van der Waals surface area (Å²) >= 11 is 2.05. The number of benzene rings is 1. The Hall–Kier alpha value is -1.22. The highest BCUT2D eigenvalue weighted by Crippen LogP contribution is 2.25. The second-order valence-corrected chi connectivity index (χ2v) is 5.58. The molecule has 3 heteroatoms. The lowest BCUT2D eigenvalue weighted by Gasteiger charge is -2.24. The molecule has 1 unspecified atom stereocenters. The SMILES string of the molecule is c1cc(NC2CCCSC2)c2cccnc2c1. The standard InChI is InChI=1S/C14H16N2S/c1-6-13-12(5-2-8-15-13)14(7-1)16-11-4-3-9-17-10-11/h1-2,5-8,11,16H,3-4,9-10H2. The molecule has 2 heterocycles. The van der Waals surface area contributed by atoms with Crippen LogP contribution in [0, 0.1) is 0 Å². The quantitative estimate of drug-likeness (QED) is 0.874. The number of nitrogens with one attached hydrogen (secondary N) is 1. The Morgan fingerprint density at radius 3 is 3.12 bits per heavy atom. The zero-order valence-electron chi connectivity index (χ0n) is 9.73. The molecule has 2 aromatic rings. The van der Waals surface area contributed by atoms with Gasteiger partial charge in [0, 0.05) is 29.1 Å². The number of hydrogen-bond acceptors (Lipinski definition) is 3. The van der Waals surface area contributed by atoms with Crippen molar-refractivity contribution < 1.29 is 0 Å². The van der Waals surface area contributed by atoms with Gasteiger partial charge in [0.15, 0.2) is 0 Å². The molecule has 0 spiro atoms. The molecule has 0 amide bonds. The van der Waals surface area contributed by atoms with Crippen LogP contribution in [-0.2, 0) is 0 Å². The lowest BCUT2D eigenvalue weighted by Crippen LogP contribution is -2.25. The topological polar surface area (TPSA) is 24.9 Å². The van der Waals surface area contributed by atoms with Crippen LogP contribution in [0.4, 0.5) is 5.69 Å². The molecule has 1 atom stereocenters. The zero-order valence-corrected chi connectivity index (χ0v) is 10.5. The summed E-state index contributed by atoms with van der Waals surface area (Å²) in [6, 6.07) is 11.1. The monoisotopic (exact) mass is 244 g/mol. The van der Waals surface area contributed by atoms with E-state index in [-0.39, 0.29) is 0 Å². The lowest BCUT2D eigenvalue weighted by atomic mass is 10.1. The van der Waals surface area contributed by atoms with Gasteiger partial charge in [0.25, 0.3) is 0 Å². The maximum absolute atomic E-state index is 4.39. The first-order valence-electron chi connectivity index (χ1n) is 6.11. The van der Waals surface area contributed by atoms with Crippen molar-refractivity contribution in [1.82, 2.24) is 4.98 Å². The van der Waals surface area contributed by atoms with Gasteiger partial charge < -0.3 is 5.32 Å². The van der Waals surface area contributed by atoms with E-state index in [1.807, 2.05) is 24.0 Å². The minimum atomic E-state index is 0.611. The number of pyridine rings is 1. The third-order valence-corrected chi connectivity index (χ3v) is 4.38. The summed E-state index contributed by atoms with van der Waals surface area (Å²) < 4.78 is 0. The molecule has 0 bridgehead atoms. The van der Waals surface area contributed by atoms with Crippen molar-refractivity contribution in [1.29, 1.82) is 0 Å². The Balaban J connectivity index is 1.89. The van der Waals surface area contributed by atoms with Crippen LogP contribution in [0.5, 0.6) is 0 Å². The highest BCUT2D eigenvalue weighted by Gasteiger charge is 2.14. The van der Waals surface area contributed by atoms with E-state index in [0.717, 1.165) is 5.52 Å². The summed E-state index contributed by atoms with van der Waals surface area (Å²) in [7, 11) is 0. The summed E-state index contributed by atoms with van der Waals surface area (Å²) in [5.41, 5.74) is 2.30. The molecule has 1 N–H and O–H groups in total. The van der Waals surface area contributed by atoms with Crippen molar-refractivity contribution in [3.8, 4) is 0 Å². The number of anilines is 1. The van der Waals surface area contributed by atoms with Gasteiger partial charge in [0.05, 0.1) is 5.52 Å². The fourth-order valence-electron chi connectivity index (χ4n) is 2.30. The molecule has 1 aromatic carbocycles. The molecule has 1 saturated heterocycles. The van der Waals surface area contributed by atoms with Gasteiger partial charge in [-0.05, 0) is 42.9 Å². The van der Waals surface area contributed by atoms with Crippen molar-refractivity contribution in [2.75, 3.05) is 16.8 Å². The van der Waals surface area contributed by atoms with Crippen LogP contribution in [0.2, 0.25) is 0 Å². The molecule has 1 fully saturated rings. The van der Waals surface area contributed by atoms with E-state index in [1.54, 1.807) is 0 Å². The molecule has 3 rings (SSSR count). The van der Waals surface area contributed by atoms with E-state index in [2.05, 4.69) is 34.6 Å². The Kier molecular flexibility index (Phi) is 3.18. The van der Waals surface area contributed by atoms with Crippen LogP contribution >= 0.6 is 11.8 Å². The average Bonchev–Trinajstić information content (AvgIpc) is 2.40. The Morgan fingerprint density at radius 2 is 2.24 bits per heavy atom. The average molecular weight is 244 g/mol. The molecule has 1 aliphatic rings. The van der Waals surface area contributed by atoms with Crippen molar-refractivity contribution in [3.63, 3.8) is 0 Å². The molecule has 0 radical (unpaired) electrons. The first-order valence-corrected chi connectivity index (χ1v) is 7.27. The van der Waals surface area contributed by atoms with Gasteiger partial charge >= 0.3 is 0 Å². The Labute approximate surface area is 106 Å². The van der Waals surface area contributed by atoms with Crippen molar-refractivity contribution in [2.45, 2.75) is 18.9 Å². The third kappa shape index (κ3) is 2.39. The fourth-order valence-corrected chi connectivity index (χ4v) is 3.38. The minimum Gasteiger partial charge on any atom is -0.381 e. The van der Waals surface area contributed by atoms with Gasteiger partial charge in [-0.2, -0.15) is 11.8 Å². The van der Waals surface area contributed by atoms with Crippen LogP contribution in [0.25, 0.3) is 10.9 Å². The second kappa shape index (κ2) is 4.96. The van der Waals surface area contributed by atoms with E-state index >= 15 is 0 Å². The van der Waals surface area contributed by atoms with E-state index < -0.39 is 0 Å². The van der Waals surface area contributed by atoms with E-state index in [9.17, 15) is 0 Å². The van der Waals surface area contributed by atoms with Gasteiger partial charge in [-0.1, -0.05) is 6.07 Å². The number of nitrogens with zero attached hydrogens (tertiary/aromatic N) is 1. The van der Waals surface area contributed by atoms with Crippen LogP contribution in [0.15, 0.2) is 36.5 Å². The van der Waals surface area contributed by atoms with Gasteiger partial charge in [-0.15, -0.1) is 0 Å². The molecule has 17 heavy (non-hydrogen) atoms. The summed E-state index contributed by atoms with van der Waals surface area (Å²) in [6.07, 6.45) is 4.46. The maximum atomic E-state index is 4.39. The molecule has 1 aromatic heterocycles. The van der Waals surface area contributed by atoms with E-state index in [4.69, 9.17) is 0 Å². The summed E-state index contributed by atoms with van der Waals surface area (Å²) in [5.74, 6) is 2.53. The maximum Gasteiger partial charge on any atom is 0.0722 e. The molecule has 2 nitrogen and oxygen atoms in total. The predicted molar refractivity (Wildman–Crippen MR) is 75.7 cm³/mol. The minimum absolute atomic E-state index is 0.611. The summed E-state index contributed by atoms with van der Waals surface area (Å²) in [6.45, 7) is 0. The van der Waals surface area contributed by atoms with Gasteiger partial charge in [0.1, 0.15) is 0 Å². The summed E-state index contributed by atoms with van der Waals surface area (Å²) in [4.78, 5) is 4.39.